The van der Waals surface area contributed by atoms with E-state index in [1.54, 1.807) is 13.2 Å². The first-order chi connectivity index (χ1) is 13.9. The number of carbonyl (C=O) groups excluding carboxylic acids is 2. The maximum Gasteiger partial charge on any atom is 0.311 e. The minimum absolute atomic E-state index is 0.126. The summed E-state index contributed by atoms with van der Waals surface area (Å²) in [5.74, 6) is -0.134. The summed E-state index contributed by atoms with van der Waals surface area (Å²) in [5.41, 5.74) is 1.67. The lowest BCUT2D eigenvalue weighted by Crippen LogP contribution is -2.57. The van der Waals surface area contributed by atoms with Gasteiger partial charge < -0.3 is 9.47 Å². The molecule has 0 aromatic heterocycles. The van der Waals surface area contributed by atoms with E-state index in [1.807, 2.05) is 13.0 Å². The van der Waals surface area contributed by atoms with Crippen molar-refractivity contribution < 1.29 is 23.9 Å². The van der Waals surface area contributed by atoms with E-state index in [4.69, 9.17) is 14.3 Å². The van der Waals surface area contributed by atoms with Crippen LogP contribution in [0.2, 0.25) is 0 Å². The average Bonchev–Trinajstić information content (AvgIpc) is 2.99. The molecular weight excluding hydrogens is 372 g/mol. The van der Waals surface area contributed by atoms with Gasteiger partial charge in [0.05, 0.1) is 32.3 Å². The molecule has 2 saturated heterocycles. The molecule has 2 fully saturated rings. The molecule has 29 heavy (non-hydrogen) atoms. The van der Waals surface area contributed by atoms with E-state index in [1.165, 1.54) is 17.7 Å². The molecule has 0 N–H and O–H groups in total. The highest BCUT2D eigenvalue weighted by Crippen LogP contribution is 2.44. The quantitative estimate of drug-likeness (QED) is 0.516. The van der Waals surface area contributed by atoms with Crippen LogP contribution >= 0.6 is 0 Å². The summed E-state index contributed by atoms with van der Waals surface area (Å²) in [4.78, 5) is 33.1. The largest absolute Gasteiger partial charge is 0.496 e. The van der Waals surface area contributed by atoms with Gasteiger partial charge in [-0.25, -0.2) is 5.06 Å². The van der Waals surface area contributed by atoms with Crippen molar-refractivity contribution in [3.63, 3.8) is 0 Å². The summed E-state index contributed by atoms with van der Waals surface area (Å²) in [6, 6.07) is 6.20. The fourth-order valence-electron chi connectivity index (χ4n) is 4.56. The first kappa shape index (κ1) is 21.3. The van der Waals surface area contributed by atoms with Gasteiger partial charge in [-0.15, -0.1) is 6.58 Å². The Bertz CT molecular complexity index is 770. The molecule has 7 nitrogen and oxygen atoms in total. The third-order valence-electron chi connectivity index (χ3n) is 6.05. The van der Waals surface area contributed by atoms with Gasteiger partial charge in [0, 0.05) is 26.1 Å². The molecule has 1 aromatic carbocycles. The molecule has 2 aliphatic heterocycles. The van der Waals surface area contributed by atoms with Gasteiger partial charge in [-0.1, -0.05) is 18.2 Å². The van der Waals surface area contributed by atoms with Gasteiger partial charge in [0.1, 0.15) is 5.75 Å². The topological polar surface area (TPSA) is 68.3 Å². The van der Waals surface area contributed by atoms with Gasteiger partial charge in [0.25, 0.3) is 0 Å². The summed E-state index contributed by atoms with van der Waals surface area (Å²) in [6.45, 7) is 8.26. The number of ether oxygens (including phenoxy) is 2. The molecule has 1 unspecified atom stereocenters. The van der Waals surface area contributed by atoms with E-state index in [0.717, 1.165) is 30.9 Å². The van der Waals surface area contributed by atoms with Gasteiger partial charge in [0.2, 0.25) is 5.91 Å². The van der Waals surface area contributed by atoms with Crippen LogP contribution in [0.4, 0.5) is 0 Å². The van der Waals surface area contributed by atoms with Crippen LogP contribution in [0.15, 0.2) is 30.9 Å². The highest BCUT2D eigenvalue weighted by molar-refractivity contribution is 5.88. The Morgan fingerprint density at radius 1 is 1.31 bits per heavy atom. The Morgan fingerprint density at radius 2 is 2.03 bits per heavy atom. The molecule has 1 atom stereocenters. The maximum absolute atomic E-state index is 12.6. The predicted molar refractivity (Wildman–Crippen MR) is 108 cm³/mol. The number of likely N-dealkylation sites (tertiary alicyclic amines) is 1. The SMILES string of the molecule is C=CCON1C(=O)CC(C(=O)OC)C12CCN(Cc1ccc(OC)c(C)c1)CC2. The number of nitrogens with zero attached hydrogens (tertiary/aromatic N) is 2. The Morgan fingerprint density at radius 3 is 2.62 bits per heavy atom. The molecule has 158 valence electrons. The number of carbonyl (C=O) groups is 2. The van der Waals surface area contributed by atoms with Crippen molar-refractivity contribution in [2.24, 2.45) is 5.92 Å². The number of hydrogen-bond acceptors (Lipinski definition) is 6. The second-order valence-corrected chi connectivity index (χ2v) is 7.74. The average molecular weight is 402 g/mol. The molecular formula is C22H30N2O5. The van der Waals surface area contributed by atoms with Crippen LogP contribution in [-0.4, -0.2) is 61.3 Å². The minimum Gasteiger partial charge on any atom is -0.496 e. The fourth-order valence-corrected chi connectivity index (χ4v) is 4.56. The number of benzene rings is 1. The highest BCUT2D eigenvalue weighted by atomic mass is 16.7. The fraction of sp³-hybridized carbons (Fsp3) is 0.545. The lowest BCUT2D eigenvalue weighted by atomic mass is 9.77. The molecule has 2 heterocycles. The van der Waals surface area contributed by atoms with Crippen molar-refractivity contribution in [1.29, 1.82) is 0 Å². The summed E-state index contributed by atoms with van der Waals surface area (Å²) in [6.07, 6.45) is 3.05. The van der Waals surface area contributed by atoms with E-state index < -0.39 is 11.5 Å². The Kier molecular flexibility index (Phi) is 6.59. The van der Waals surface area contributed by atoms with Crippen molar-refractivity contribution >= 4 is 11.9 Å². The Balaban J connectivity index is 1.73. The van der Waals surface area contributed by atoms with Crippen LogP contribution in [0.5, 0.6) is 5.75 Å². The molecule has 1 aromatic rings. The van der Waals surface area contributed by atoms with Crippen LogP contribution in [0.25, 0.3) is 0 Å². The maximum atomic E-state index is 12.6. The predicted octanol–water partition coefficient (Wildman–Crippen LogP) is 2.48. The van der Waals surface area contributed by atoms with Gasteiger partial charge >= 0.3 is 5.97 Å². The molecule has 0 radical (unpaired) electrons. The number of amides is 1. The van der Waals surface area contributed by atoms with Crippen molar-refractivity contribution in [3.8, 4) is 5.75 Å². The first-order valence-electron chi connectivity index (χ1n) is 9.95. The molecule has 7 heteroatoms. The number of aryl methyl sites for hydroxylation is 1. The van der Waals surface area contributed by atoms with Crippen LogP contribution in [0.3, 0.4) is 0 Å². The van der Waals surface area contributed by atoms with Crippen LogP contribution in [0.1, 0.15) is 30.4 Å². The van der Waals surface area contributed by atoms with E-state index in [9.17, 15) is 9.59 Å². The Labute approximate surface area is 172 Å². The van der Waals surface area contributed by atoms with Gasteiger partial charge in [0.15, 0.2) is 0 Å². The number of piperidine rings is 1. The second kappa shape index (κ2) is 8.97. The van der Waals surface area contributed by atoms with E-state index in [0.29, 0.717) is 12.8 Å². The zero-order valence-corrected chi connectivity index (χ0v) is 17.5. The molecule has 1 spiro atoms. The first-order valence-corrected chi connectivity index (χ1v) is 9.95. The number of hydrogen-bond donors (Lipinski definition) is 0. The number of hydroxylamine groups is 2. The Hall–Kier alpha value is -2.38. The molecule has 0 saturated carbocycles. The molecule has 0 bridgehead atoms. The van der Waals surface area contributed by atoms with Gasteiger partial charge in [-0.2, -0.15) is 0 Å². The van der Waals surface area contributed by atoms with Gasteiger partial charge in [-0.05, 0) is 37.0 Å². The molecule has 0 aliphatic carbocycles. The third kappa shape index (κ3) is 4.16. The minimum atomic E-state index is -0.653. The lowest BCUT2D eigenvalue weighted by molar-refractivity contribution is -0.218. The van der Waals surface area contributed by atoms with Crippen LogP contribution in [0, 0.1) is 12.8 Å². The third-order valence-corrected chi connectivity index (χ3v) is 6.05. The highest BCUT2D eigenvalue weighted by Gasteiger charge is 2.58. The van der Waals surface area contributed by atoms with E-state index in [2.05, 4.69) is 23.6 Å². The number of rotatable bonds is 7. The van der Waals surface area contributed by atoms with Gasteiger partial charge in [-0.3, -0.25) is 19.3 Å². The van der Waals surface area contributed by atoms with Crippen molar-refractivity contribution in [3.05, 3.63) is 42.0 Å². The normalized spacial score (nSPS) is 21.4. The monoisotopic (exact) mass is 402 g/mol. The van der Waals surface area contributed by atoms with Crippen LogP contribution in [-0.2, 0) is 25.7 Å². The smallest absolute Gasteiger partial charge is 0.311 e. The second-order valence-electron chi connectivity index (χ2n) is 7.74. The summed E-state index contributed by atoms with van der Waals surface area (Å²) in [7, 11) is 3.04. The summed E-state index contributed by atoms with van der Waals surface area (Å²) >= 11 is 0. The summed E-state index contributed by atoms with van der Waals surface area (Å²) < 4.78 is 10.3. The van der Waals surface area contributed by atoms with Crippen molar-refractivity contribution in [2.45, 2.75) is 38.3 Å². The molecule has 2 aliphatic rings. The number of esters is 1. The standard InChI is InChI=1S/C22H30N2O5/c1-5-12-29-24-20(25)14-18(21(26)28-4)22(24)8-10-23(11-9-22)15-17-6-7-19(27-3)16(2)13-17/h5-7,13,18H,1,8-12,14-15H2,2-4H3. The van der Waals surface area contributed by atoms with Crippen molar-refractivity contribution in [1.82, 2.24) is 9.96 Å². The van der Waals surface area contributed by atoms with Crippen molar-refractivity contribution in [2.75, 3.05) is 33.9 Å². The van der Waals surface area contributed by atoms with Crippen LogP contribution < -0.4 is 4.74 Å². The zero-order chi connectivity index (χ0) is 21.0. The van der Waals surface area contributed by atoms with E-state index in [-0.39, 0.29) is 24.9 Å². The zero-order valence-electron chi connectivity index (χ0n) is 17.5. The summed E-state index contributed by atoms with van der Waals surface area (Å²) in [5, 5.41) is 1.44. The number of methoxy groups -OCH3 is 2. The lowest BCUT2D eigenvalue weighted by Gasteiger charge is -2.45. The van der Waals surface area contributed by atoms with E-state index >= 15 is 0 Å². The molecule has 1 amide bonds. The molecule has 3 rings (SSSR count).